The Labute approximate surface area is 114 Å². The topological polar surface area (TPSA) is 69.8 Å². The number of aromatic nitrogens is 2. The molecule has 19 heavy (non-hydrogen) atoms. The van der Waals surface area contributed by atoms with Crippen molar-refractivity contribution in [2.75, 3.05) is 19.6 Å². The number of nitrogens with one attached hydrogen (secondary N) is 3. The normalized spacial score (nSPS) is 20.3. The van der Waals surface area contributed by atoms with Gasteiger partial charge in [0.2, 0.25) is 0 Å². The summed E-state index contributed by atoms with van der Waals surface area (Å²) in [5, 5.41) is 13.4. The molecule has 1 aromatic heterocycles. The molecule has 1 aliphatic heterocycles. The van der Waals surface area contributed by atoms with E-state index >= 15 is 0 Å². The van der Waals surface area contributed by atoms with E-state index in [1.807, 2.05) is 6.07 Å². The molecule has 0 aliphatic carbocycles. The minimum absolute atomic E-state index is 0.0151. The first-order valence-electron chi connectivity index (χ1n) is 7.01. The maximum atomic E-state index is 12.0. The number of H-pyrrole nitrogens is 1. The second-order valence-corrected chi connectivity index (χ2v) is 6.34. The zero-order valence-corrected chi connectivity index (χ0v) is 12.0. The van der Waals surface area contributed by atoms with Gasteiger partial charge in [0, 0.05) is 17.7 Å². The van der Waals surface area contributed by atoms with Crippen LogP contribution >= 0.6 is 0 Å². The van der Waals surface area contributed by atoms with E-state index in [0.717, 1.165) is 25.3 Å². The van der Waals surface area contributed by atoms with Gasteiger partial charge >= 0.3 is 0 Å². The number of nitrogens with zero attached hydrogens (tertiary/aromatic N) is 1. The van der Waals surface area contributed by atoms with Gasteiger partial charge in [-0.1, -0.05) is 20.8 Å². The van der Waals surface area contributed by atoms with E-state index in [9.17, 15) is 4.79 Å². The third-order valence-corrected chi connectivity index (χ3v) is 3.57. The minimum Gasteiger partial charge on any atom is -0.350 e. The highest BCUT2D eigenvalue weighted by molar-refractivity contribution is 5.92. The van der Waals surface area contributed by atoms with E-state index in [4.69, 9.17) is 0 Å². The smallest absolute Gasteiger partial charge is 0.271 e. The van der Waals surface area contributed by atoms with Crippen molar-refractivity contribution in [2.24, 2.45) is 5.92 Å². The minimum atomic E-state index is -0.0858. The van der Waals surface area contributed by atoms with Crippen molar-refractivity contribution in [1.29, 1.82) is 0 Å². The summed E-state index contributed by atoms with van der Waals surface area (Å²) in [5.41, 5.74) is 1.45. The summed E-state index contributed by atoms with van der Waals surface area (Å²) >= 11 is 0. The SMILES string of the molecule is CC(C)(C)c1cc(C(=O)NCC2CCCNC2)n[nH]1. The highest BCUT2D eigenvalue weighted by Gasteiger charge is 2.20. The Kier molecular flexibility index (Phi) is 4.24. The predicted octanol–water partition coefficient (Wildman–Crippen LogP) is 1.44. The van der Waals surface area contributed by atoms with E-state index < -0.39 is 0 Å². The quantitative estimate of drug-likeness (QED) is 0.773. The zero-order valence-electron chi connectivity index (χ0n) is 12.0. The van der Waals surface area contributed by atoms with Crippen LogP contribution in [0.4, 0.5) is 0 Å². The van der Waals surface area contributed by atoms with Crippen LogP contribution in [0.5, 0.6) is 0 Å². The third kappa shape index (κ3) is 3.80. The van der Waals surface area contributed by atoms with Crippen molar-refractivity contribution >= 4 is 5.91 Å². The monoisotopic (exact) mass is 264 g/mol. The molecule has 2 rings (SSSR count). The molecule has 0 spiro atoms. The Bertz CT molecular complexity index is 427. The molecule has 2 heterocycles. The fourth-order valence-corrected chi connectivity index (χ4v) is 2.25. The van der Waals surface area contributed by atoms with Gasteiger partial charge in [-0.15, -0.1) is 0 Å². The van der Waals surface area contributed by atoms with Crippen molar-refractivity contribution in [3.63, 3.8) is 0 Å². The summed E-state index contributed by atoms with van der Waals surface area (Å²) in [7, 11) is 0. The Hall–Kier alpha value is -1.36. The standard InChI is InChI=1S/C14H24N4O/c1-14(2,3)12-7-11(17-18-12)13(19)16-9-10-5-4-6-15-8-10/h7,10,15H,4-6,8-9H2,1-3H3,(H,16,19)(H,17,18). The molecule has 0 radical (unpaired) electrons. The summed E-state index contributed by atoms with van der Waals surface area (Å²) in [5.74, 6) is 0.455. The van der Waals surface area contributed by atoms with Crippen LogP contribution in [0.1, 0.15) is 49.8 Å². The lowest BCUT2D eigenvalue weighted by molar-refractivity contribution is 0.0940. The van der Waals surface area contributed by atoms with Crippen LogP contribution < -0.4 is 10.6 Å². The van der Waals surface area contributed by atoms with E-state index in [0.29, 0.717) is 11.6 Å². The average Bonchev–Trinajstić information content (AvgIpc) is 2.87. The molecule has 5 nitrogen and oxygen atoms in total. The molecule has 1 fully saturated rings. The van der Waals surface area contributed by atoms with Crippen LogP contribution in [0.2, 0.25) is 0 Å². The highest BCUT2D eigenvalue weighted by atomic mass is 16.1. The molecule has 0 bridgehead atoms. The molecular formula is C14H24N4O. The fourth-order valence-electron chi connectivity index (χ4n) is 2.25. The number of amides is 1. The first kappa shape index (κ1) is 14.1. The summed E-state index contributed by atoms with van der Waals surface area (Å²) in [6.45, 7) is 9.10. The van der Waals surface area contributed by atoms with Crippen LogP contribution in [-0.4, -0.2) is 35.7 Å². The molecule has 106 valence electrons. The van der Waals surface area contributed by atoms with Crippen molar-refractivity contribution < 1.29 is 4.79 Å². The highest BCUT2D eigenvalue weighted by Crippen LogP contribution is 2.20. The molecule has 0 saturated carbocycles. The van der Waals surface area contributed by atoms with Crippen molar-refractivity contribution in [3.8, 4) is 0 Å². The molecule has 1 saturated heterocycles. The van der Waals surface area contributed by atoms with Gasteiger partial charge in [-0.25, -0.2) is 0 Å². The van der Waals surface area contributed by atoms with Gasteiger partial charge in [0.25, 0.3) is 5.91 Å². The van der Waals surface area contributed by atoms with E-state index in [1.54, 1.807) is 0 Å². The Morgan fingerprint density at radius 3 is 2.89 bits per heavy atom. The second kappa shape index (κ2) is 5.74. The average molecular weight is 264 g/mol. The molecule has 1 aliphatic rings. The maximum absolute atomic E-state index is 12.0. The maximum Gasteiger partial charge on any atom is 0.271 e. The van der Waals surface area contributed by atoms with Gasteiger partial charge in [-0.05, 0) is 37.9 Å². The second-order valence-electron chi connectivity index (χ2n) is 6.34. The van der Waals surface area contributed by atoms with Gasteiger partial charge < -0.3 is 10.6 Å². The van der Waals surface area contributed by atoms with Crippen molar-refractivity contribution in [2.45, 2.75) is 39.0 Å². The molecule has 1 amide bonds. The Morgan fingerprint density at radius 2 is 2.32 bits per heavy atom. The predicted molar refractivity (Wildman–Crippen MR) is 75.2 cm³/mol. The van der Waals surface area contributed by atoms with Crippen LogP contribution in [0.15, 0.2) is 6.07 Å². The zero-order chi connectivity index (χ0) is 13.9. The number of aromatic amines is 1. The van der Waals surface area contributed by atoms with Crippen LogP contribution in [0.3, 0.4) is 0 Å². The molecule has 5 heteroatoms. The summed E-state index contributed by atoms with van der Waals surface area (Å²) in [4.78, 5) is 12.0. The van der Waals surface area contributed by atoms with Gasteiger partial charge in [0.1, 0.15) is 5.69 Å². The van der Waals surface area contributed by atoms with Crippen molar-refractivity contribution in [3.05, 3.63) is 17.5 Å². The summed E-state index contributed by atoms with van der Waals surface area (Å²) in [6, 6.07) is 1.84. The molecule has 3 N–H and O–H groups in total. The molecule has 0 aromatic carbocycles. The largest absolute Gasteiger partial charge is 0.350 e. The van der Waals surface area contributed by atoms with E-state index in [2.05, 4.69) is 41.6 Å². The Morgan fingerprint density at radius 1 is 1.53 bits per heavy atom. The van der Waals surface area contributed by atoms with E-state index in [-0.39, 0.29) is 11.3 Å². The number of hydrogen-bond donors (Lipinski definition) is 3. The first-order chi connectivity index (χ1) is 8.97. The van der Waals surface area contributed by atoms with E-state index in [1.165, 1.54) is 12.8 Å². The van der Waals surface area contributed by atoms with Crippen LogP contribution in [-0.2, 0) is 5.41 Å². The number of piperidine rings is 1. The number of carbonyl (C=O) groups excluding carboxylic acids is 1. The van der Waals surface area contributed by atoms with Gasteiger partial charge in [0.15, 0.2) is 0 Å². The van der Waals surface area contributed by atoms with Crippen LogP contribution in [0.25, 0.3) is 0 Å². The van der Waals surface area contributed by atoms with Gasteiger partial charge in [-0.2, -0.15) is 5.10 Å². The lowest BCUT2D eigenvalue weighted by Gasteiger charge is -2.22. The summed E-state index contributed by atoms with van der Waals surface area (Å²) < 4.78 is 0. The number of hydrogen-bond acceptors (Lipinski definition) is 3. The van der Waals surface area contributed by atoms with Crippen molar-refractivity contribution in [1.82, 2.24) is 20.8 Å². The molecule has 1 atom stereocenters. The molecular weight excluding hydrogens is 240 g/mol. The first-order valence-corrected chi connectivity index (χ1v) is 7.01. The number of carbonyl (C=O) groups is 1. The lowest BCUT2D eigenvalue weighted by Crippen LogP contribution is -2.38. The van der Waals surface area contributed by atoms with Gasteiger partial charge in [-0.3, -0.25) is 9.89 Å². The summed E-state index contributed by atoms with van der Waals surface area (Å²) in [6.07, 6.45) is 2.37. The van der Waals surface area contributed by atoms with Gasteiger partial charge in [0.05, 0.1) is 0 Å². The lowest BCUT2D eigenvalue weighted by atomic mass is 9.92. The molecule has 1 aromatic rings. The fraction of sp³-hybridized carbons (Fsp3) is 0.714. The van der Waals surface area contributed by atoms with Crippen LogP contribution in [0, 0.1) is 5.92 Å². The third-order valence-electron chi connectivity index (χ3n) is 3.57. The molecule has 1 unspecified atom stereocenters. The Balaban J connectivity index is 1.87. The number of rotatable bonds is 3.